The molecule has 5 rings (SSSR count). The Morgan fingerprint density at radius 3 is 2.19 bits per heavy atom. The van der Waals surface area contributed by atoms with Gasteiger partial charge in [-0.3, -0.25) is 4.79 Å². The van der Waals surface area contributed by atoms with Crippen LogP contribution >= 0.6 is 0 Å². The predicted molar refractivity (Wildman–Crippen MR) is 101 cm³/mol. The fourth-order valence-electron chi connectivity index (χ4n) is 4.60. The highest BCUT2D eigenvalue weighted by Crippen LogP contribution is 2.47. The van der Waals surface area contributed by atoms with Crippen molar-refractivity contribution < 1.29 is 4.79 Å². The van der Waals surface area contributed by atoms with Crippen LogP contribution in [0.5, 0.6) is 0 Å². The maximum Gasteiger partial charge on any atom is 0.170 e. The second-order valence-electron chi connectivity index (χ2n) is 7.47. The van der Waals surface area contributed by atoms with Crippen LogP contribution in [0.3, 0.4) is 0 Å². The van der Waals surface area contributed by atoms with Crippen LogP contribution in [0.4, 0.5) is 0 Å². The van der Waals surface area contributed by atoms with Crippen molar-refractivity contribution in [2.45, 2.75) is 19.3 Å². The van der Waals surface area contributed by atoms with Crippen molar-refractivity contribution >= 4 is 5.78 Å². The molecule has 2 heteroatoms. The zero-order chi connectivity index (χ0) is 17.7. The highest BCUT2D eigenvalue weighted by Gasteiger charge is 2.48. The van der Waals surface area contributed by atoms with E-state index in [9.17, 15) is 4.79 Å². The number of nitriles is 1. The average Bonchev–Trinajstić information content (AvgIpc) is 3.18. The molecule has 0 saturated carbocycles. The van der Waals surface area contributed by atoms with E-state index in [0.717, 1.165) is 41.5 Å². The Bertz CT molecular complexity index is 1080. The van der Waals surface area contributed by atoms with Gasteiger partial charge in [0.25, 0.3) is 0 Å². The maximum absolute atomic E-state index is 13.3. The van der Waals surface area contributed by atoms with Crippen molar-refractivity contribution in [2.75, 3.05) is 0 Å². The first-order chi connectivity index (χ1) is 12.7. The van der Waals surface area contributed by atoms with Gasteiger partial charge in [0.15, 0.2) is 5.78 Å². The lowest BCUT2D eigenvalue weighted by Gasteiger charge is -2.20. The van der Waals surface area contributed by atoms with Crippen LogP contribution in [0.25, 0.3) is 11.1 Å². The van der Waals surface area contributed by atoms with Crippen LogP contribution in [0, 0.1) is 16.7 Å². The number of hydrogen-bond acceptors (Lipinski definition) is 2. The third-order valence-electron chi connectivity index (χ3n) is 5.87. The molecule has 0 bridgehead atoms. The summed E-state index contributed by atoms with van der Waals surface area (Å²) in [5.41, 5.74) is 6.97. The normalized spacial score (nSPS) is 16.3. The molecule has 0 aliphatic heterocycles. The molecule has 0 aromatic heterocycles. The second-order valence-corrected chi connectivity index (χ2v) is 7.47. The third-order valence-corrected chi connectivity index (χ3v) is 5.87. The van der Waals surface area contributed by atoms with Crippen LogP contribution in [-0.2, 0) is 19.3 Å². The lowest BCUT2D eigenvalue weighted by Crippen LogP contribution is -2.28. The molecule has 2 nitrogen and oxygen atoms in total. The van der Waals surface area contributed by atoms with E-state index in [0.29, 0.717) is 5.56 Å². The van der Waals surface area contributed by atoms with Crippen molar-refractivity contribution in [1.29, 1.82) is 5.26 Å². The van der Waals surface area contributed by atoms with Crippen LogP contribution < -0.4 is 0 Å². The fourth-order valence-corrected chi connectivity index (χ4v) is 4.60. The summed E-state index contributed by atoms with van der Waals surface area (Å²) in [6, 6.07) is 24.3. The Morgan fingerprint density at radius 2 is 1.46 bits per heavy atom. The van der Waals surface area contributed by atoms with Crippen molar-refractivity contribution in [2.24, 2.45) is 5.41 Å². The number of benzene rings is 3. The molecule has 2 aliphatic rings. The topological polar surface area (TPSA) is 40.9 Å². The zero-order valence-corrected chi connectivity index (χ0v) is 14.3. The number of nitrogens with zero attached hydrogens (tertiary/aromatic N) is 1. The van der Waals surface area contributed by atoms with E-state index < -0.39 is 0 Å². The van der Waals surface area contributed by atoms with Crippen LogP contribution in [0.2, 0.25) is 0 Å². The summed E-state index contributed by atoms with van der Waals surface area (Å²) < 4.78 is 0. The lowest BCUT2D eigenvalue weighted by atomic mass is 9.81. The van der Waals surface area contributed by atoms with Gasteiger partial charge in [-0.2, -0.15) is 5.26 Å². The summed E-state index contributed by atoms with van der Waals surface area (Å²) >= 11 is 0. The highest BCUT2D eigenvalue weighted by atomic mass is 16.1. The Kier molecular flexibility index (Phi) is 3.14. The van der Waals surface area contributed by atoms with Gasteiger partial charge in [0, 0.05) is 11.0 Å². The molecule has 0 radical (unpaired) electrons. The number of fused-ring (bicyclic) bond motifs is 2. The van der Waals surface area contributed by atoms with E-state index >= 15 is 0 Å². The minimum absolute atomic E-state index is 0.280. The van der Waals surface area contributed by atoms with Gasteiger partial charge in [-0.25, -0.2) is 0 Å². The quantitative estimate of drug-likeness (QED) is 0.644. The number of carbonyl (C=O) groups excluding carboxylic acids is 1. The summed E-state index contributed by atoms with van der Waals surface area (Å²) in [4.78, 5) is 13.3. The molecule has 3 aromatic rings. The number of rotatable bonds is 1. The van der Waals surface area contributed by atoms with Gasteiger partial charge in [-0.15, -0.1) is 0 Å². The summed E-state index contributed by atoms with van der Waals surface area (Å²) in [5, 5.41) is 9.13. The molecule has 0 atom stereocenters. The van der Waals surface area contributed by atoms with Gasteiger partial charge >= 0.3 is 0 Å². The van der Waals surface area contributed by atoms with Gasteiger partial charge in [-0.1, -0.05) is 48.5 Å². The van der Waals surface area contributed by atoms with Crippen molar-refractivity contribution in [3.05, 3.63) is 94.5 Å². The van der Waals surface area contributed by atoms with Gasteiger partial charge in [0.2, 0.25) is 0 Å². The number of carbonyl (C=O) groups is 1. The molecule has 2 aliphatic carbocycles. The van der Waals surface area contributed by atoms with Crippen LogP contribution in [0.1, 0.15) is 32.6 Å². The van der Waals surface area contributed by atoms with Gasteiger partial charge < -0.3 is 0 Å². The Hall–Kier alpha value is -3.18. The molecule has 1 spiro atoms. The van der Waals surface area contributed by atoms with E-state index in [4.69, 9.17) is 5.26 Å². The molecule has 0 saturated heterocycles. The van der Waals surface area contributed by atoms with Crippen LogP contribution in [0.15, 0.2) is 66.7 Å². The molecule has 124 valence electrons. The second kappa shape index (κ2) is 5.41. The van der Waals surface area contributed by atoms with E-state index in [1.807, 2.05) is 24.3 Å². The largest absolute Gasteiger partial charge is 0.294 e. The van der Waals surface area contributed by atoms with Crippen molar-refractivity contribution in [3.63, 3.8) is 0 Å². The molecule has 26 heavy (non-hydrogen) atoms. The zero-order valence-electron chi connectivity index (χ0n) is 14.3. The fraction of sp³-hybridized carbons (Fsp3) is 0.167. The Balaban J connectivity index is 1.54. The average molecular weight is 335 g/mol. The van der Waals surface area contributed by atoms with E-state index in [2.05, 4.69) is 42.5 Å². The smallest absolute Gasteiger partial charge is 0.170 e. The van der Waals surface area contributed by atoms with E-state index in [1.165, 1.54) is 11.1 Å². The third kappa shape index (κ3) is 2.14. The monoisotopic (exact) mass is 335 g/mol. The Labute approximate surface area is 152 Å². The summed E-state index contributed by atoms with van der Waals surface area (Å²) in [5.74, 6) is 0.280. The summed E-state index contributed by atoms with van der Waals surface area (Å²) in [6.07, 6.45) is 2.51. The van der Waals surface area contributed by atoms with Crippen molar-refractivity contribution in [3.8, 4) is 17.2 Å². The molecular formula is C24H17NO. The van der Waals surface area contributed by atoms with E-state index in [1.54, 1.807) is 6.07 Å². The lowest BCUT2D eigenvalue weighted by molar-refractivity contribution is 0.0831. The standard InChI is InChI=1S/C24H17NO/c25-15-16-4-3-7-17(10-16)18-8-9-21-14-24(23(26)22(21)11-18)12-19-5-1-2-6-20(19)13-24/h1-11H,12-14H2. The molecule has 0 fully saturated rings. The van der Waals surface area contributed by atoms with Gasteiger partial charge in [-0.05, 0) is 65.3 Å². The SMILES string of the molecule is N#Cc1cccc(-c2ccc3c(c2)C(=O)C2(Cc4ccccc4C2)C3)c1. The first kappa shape index (κ1) is 15.1. The van der Waals surface area contributed by atoms with E-state index in [-0.39, 0.29) is 11.2 Å². The predicted octanol–water partition coefficient (Wildman–Crippen LogP) is 4.75. The maximum atomic E-state index is 13.3. The molecule has 0 unspecified atom stereocenters. The molecule has 3 aromatic carbocycles. The molecule has 0 amide bonds. The number of Topliss-reactive ketones (excluding diaryl/α,β-unsaturated/α-hetero) is 1. The number of hydrogen-bond donors (Lipinski definition) is 0. The molecular weight excluding hydrogens is 318 g/mol. The molecule has 0 N–H and O–H groups in total. The first-order valence-electron chi connectivity index (χ1n) is 8.94. The highest BCUT2D eigenvalue weighted by molar-refractivity contribution is 6.06. The first-order valence-corrected chi connectivity index (χ1v) is 8.94. The minimum atomic E-state index is -0.293. The Morgan fingerprint density at radius 1 is 0.769 bits per heavy atom. The molecule has 0 heterocycles. The minimum Gasteiger partial charge on any atom is -0.294 e. The summed E-state index contributed by atoms with van der Waals surface area (Å²) in [6.45, 7) is 0. The van der Waals surface area contributed by atoms with Crippen molar-refractivity contribution in [1.82, 2.24) is 0 Å². The van der Waals surface area contributed by atoms with Gasteiger partial charge in [0.05, 0.1) is 11.6 Å². The number of ketones is 1. The van der Waals surface area contributed by atoms with Crippen LogP contribution in [-0.4, -0.2) is 5.78 Å². The van der Waals surface area contributed by atoms with Gasteiger partial charge in [0.1, 0.15) is 0 Å². The summed E-state index contributed by atoms with van der Waals surface area (Å²) in [7, 11) is 0.